The maximum absolute atomic E-state index is 13.6. The van der Waals surface area contributed by atoms with Gasteiger partial charge in [-0.2, -0.15) is 0 Å². The fourth-order valence-corrected chi connectivity index (χ4v) is 4.95. The van der Waals surface area contributed by atoms with Crippen LogP contribution in [0.3, 0.4) is 0 Å². The molecule has 0 radical (unpaired) electrons. The third-order valence-electron chi connectivity index (χ3n) is 7.11. The molecule has 0 aromatic heterocycles. The fraction of sp³-hybridized carbons (Fsp3) is 0.267. The SMILES string of the molecule is COc1cc(OC)cc(N2C(=O)C(=O)/C(=C(\O)c3ccc4c(c3)N(C)CCO4)C2c2ccc(N(C)C)cc2)c1. The number of amides is 1. The highest BCUT2D eigenvalue weighted by atomic mass is 16.5. The Hall–Kier alpha value is -4.66. The van der Waals surface area contributed by atoms with E-state index in [1.807, 2.05) is 55.2 Å². The van der Waals surface area contributed by atoms with Gasteiger partial charge < -0.3 is 29.1 Å². The van der Waals surface area contributed by atoms with Gasteiger partial charge >= 0.3 is 0 Å². The van der Waals surface area contributed by atoms with E-state index < -0.39 is 17.7 Å². The summed E-state index contributed by atoms with van der Waals surface area (Å²) in [5.41, 5.74) is 3.25. The zero-order valence-electron chi connectivity index (χ0n) is 22.6. The van der Waals surface area contributed by atoms with Crippen LogP contribution in [0.25, 0.3) is 5.76 Å². The van der Waals surface area contributed by atoms with Gasteiger partial charge in [0.15, 0.2) is 0 Å². The second-order valence-corrected chi connectivity index (χ2v) is 9.68. The number of hydrogen-bond donors (Lipinski definition) is 1. The molecular formula is C30H31N3O6. The van der Waals surface area contributed by atoms with Crippen molar-refractivity contribution < 1.29 is 28.9 Å². The molecule has 1 saturated heterocycles. The van der Waals surface area contributed by atoms with E-state index in [-0.39, 0.29) is 11.3 Å². The molecule has 1 unspecified atom stereocenters. The largest absolute Gasteiger partial charge is 0.507 e. The van der Waals surface area contributed by atoms with Gasteiger partial charge in [-0.25, -0.2) is 0 Å². The second-order valence-electron chi connectivity index (χ2n) is 9.68. The van der Waals surface area contributed by atoms with E-state index in [9.17, 15) is 14.7 Å². The lowest BCUT2D eigenvalue weighted by Crippen LogP contribution is -2.29. The molecule has 2 heterocycles. The van der Waals surface area contributed by atoms with Crippen LogP contribution in [0.5, 0.6) is 17.2 Å². The summed E-state index contributed by atoms with van der Waals surface area (Å²) >= 11 is 0. The van der Waals surface area contributed by atoms with Crippen molar-refractivity contribution in [2.24, 2.45) is 0 Å². The predicted octanol–water partition coefficient (Wildman–Crippen LogP) is 4.22. The van der Waals surface area contributed by atoms with Crippen LogP contribution in [0, 0.1) is 0 Å². The third-order valence-corrected chi connectivity index (χ3v) is 7.11. The number of fused-ring (bicyclic) bond motifs is 1. The van der Waals surface area contributed by atoms with E-state index in [4.69, 9.17) is 14.2 Å². The van der Waals surface area contributed by atoms with Crippen molar-refractivity contribution in [1.82, 2.24) is 0 Å². The molecule has 3 aromatic carbocycles. The molecule has 1 N–H and O–H groups in total. The molecule has 0 spiro atoms. The molecule has 0 saturated carbocycles. The van der Waals surface area contributed by atoms with Crippen LogP contribution in [-0.2, 0) is 9.59 Å². The van der Waals surface area contributed by atoms with Crippen LogP contribution in [0.1, 0.15) is 17.2 Å². The normalized spacial score (nSPS) is 18.0. The summed E-state index contributed by atoms with van der Waals surface area (Å²) in [5, 5.41) is 11.6. The summed E-state index contributed by atoms with van der Waals surface area (Å²) in [4.78, 5) is 32.6. The van der Waals surface area contributed by atoms with Gasteiger partial charge in [-0.1, -0.05) is 12.1 Å². The minimum absolute atomic E-state index is 0.00118. The summed E-state index contributed by atoms with van der Waals surface area (Å²) in [7, 11) is 8.83. The number of methoxy groups -OCH3 is 2. The maximum atomic E-state index is 13.6. The number of anilines is 3. The lowest BCUT2D eigenvalue weighted by Gasteiger charge is -2.28. The summed E-state index contributed by atoms with van der Waals surface area (Å²) in [5.74, 6) is -0.171. The number of benzene rings is 3. The van der Waals surface area contributed by atoms with Gasteiger partial charge in [-0.05, 0) is 35.9 Å². The van der Waals surface area contributed by atoms with Gasteiger partial charge in [0.25, 0.3) is 11.7 Å². The van der Waals surface area contributed by atoms with Crippen LogP contribution in [0.15, 0.2) is 66.2 Å². The lowest BCUT2D eigenvalue weighted by molar-refractivity contribution is -0.132. The number of nitrogens with zero attached hydrogens (tertiary/aromatic N) is 3. The number of carbonyl (C=O) groups is 2. The predicted molar refractivity (Wildman–Crippen MR) is 150 cm³/mol. The van der Waals surface area contributed by atoms with Crippen molar-refractivity contribution in [2.75, 3.05) is 63.2 Å². The number of likely N-dealkylation sites (N-methyl/N-ethyl adjacent to an activating group) is 1. The first-order chi connectivity index (χ1) is 18.7. The molecule has 9 heteroatoms. The van der Waals surface area contributed by atoms with E-state index in [0.29, 0.717) is 47.2 Å². The number of aliphatic hydroxyl groups excluding tert-OH is 1. The van der Waals surface area contributed by atoms with Crippen molar-refractivity contribution in [1.29, 1.82) is 0 Å². The van der Waals surface area contributed by atoms with Gasteiger partial charge in [-0.15, -0.1) is 0 Å². The Bertz CT molecular complexity index is 1440. The number of aliphatic hydroxyl groups is 1. The molecule has 3 aromatic rings. The molecule has 1 atom stereocenters. The molecule has 0 bridgehead atoms. The molecule has 39 heavy (non-hydrogen) atoms. The van der Waals surface area contributed by atoms with Crippen LogP contribution < -0.4 is 28.9 Å². The Morgan fingerprint density at radius 2 is 1.64 bits per heavy atom. The average Bonchev–Trinajstić information content (AvgIpc) is 3.22. The minimum atomic E-state index is -0.886. The highest BCUT2D eigenvalue weighted by Crippen LogP contribution is 2.45. The highest BCUT2D eigenvalue weighted by molar-refractivity contribution is 6.51. The number of hydrogen-bond acceptors (Lipinski definition) is 8. The topological polar surface area (TPSA) is 91.8 Å². The van der Waals surface area contributed by atoms with Gasteiger partial charge in [0, 0.05) is 50.6 Å². The van der Waals surface area contributed by atoms with Crippen molar-refractivity contribution in [3.8, 4) is 17.2 Å². The summed E-state index contributed by atoms with van der Waals surface area (Å²) in [6, 6.07) is 16.9. The van der Waals surface area contributed by atoms with Crippen LogP contribution in [0.2, 0.25) is 0 Å². The molecule has 5 rings (SSSR count). The van der Waals surface area contributed by atoms with Gasteiger partial charge in [-0.3, -0.25) is 14.5 Å². The Kier molecular flexibility index (Phi) is 6.82. The average molecular weight is 530 g/mol. The fourth-order valence-electron chi connectivity index (χ4n) is 4.95. The van der Waals surface area contributed by atoms with Gasteiger partial charge in [0.2, 0.25) is 0 Å². The Morgan fingerprint density at radius 3 is 2.26 bits per heavy atom. The quantitative estimate of drug-likeness (QED) is 0.288. The molecule has 9 nitrogen and oxygen atoms in total. The Labute approximate surface area is 227 Å². The van der Waals surface area contributed by atoms with E-state index in [2.05, 4.69) is 0 Å². The number of ketones is 1. The first kappa shape index (κ1) is 26.0. The number of Topliss-reactive ketones (excluding diaryl/α,β-unsaturated/α-hetero) is 1. The third kappa shape index (κ3) is 4.60. The summed E-state index contributed by atoms with van der Waals surface area (Å²) < 4.78 is 16.6. The molecule has 1 fully saturated rings. The molecular weight excluding hydrogens is 498 g/mol. The molecule has 1 amide bonds. The van der Waals surface area contributed by atoms with E-state index in [1.165, 1.54) is 19.1 Å². The molecule has 0 aliphatic carbocycles. The van der Waals surface area contributed by atoms with E-state index in [1.54, 1.807) is 36.4 Å². The van der Waals surface area contributed by atoms with Crippen molar-refractivity contribution >= 4 is 34.5 Å². The van der Waals surface area contributed by atoms with E-state index >= 15 is 0 Å². The lowest BCUT2D eigenvalue weighted by atomic mass is 9.94. The highest BCUT2D eigenvalue weighted by Gasteiger charge is 2.47. The number of carbonyl (C=O) groups excluding carboxylic acids is 2. The molecule has 2 aliphatic heterocycles. The second kappa shape index (κ2) is 10.2. The van der Waals surface area contributed by atoms with Crippen molar-refractivity contribution in [3.63, 3.8) is 0 Å². The minimum Gasteiger partial charge on any atom is -0.507 e. The monoisotopic (exact) mass is 529 g/mol. The van der Waals surface area contributed by atoms with Crippen molar-refractivity contribution in [2.45, 2.75) is 6.04 Å². The zero-order chi connectivity index (χ0) is 27.8. The van der Waals surface area contributed by atoms with Crippen LogP contribution in [-0.4, -0.2) is 65.3 Å². The first-order valence-electron chi connectivity index (χ1n) is 12.5. The van der Waals surface area contributed by atoms with E-state index in [0.717, 1.165) is 11.4 Å². The molecule has 2 aliphatic rings. The smallest absolute Gasteiger partial charge is 0.300 e. The van der Waals surface area contributed by atoms with Crippen LogP contribution in [0.4, 0.5) is 17.1 Å². The van der Waals surface area contributed by atoms with Gasteiger partial charge in [0.05, 0.1) is 43.8 Å². The van der Waals surface area contributed by atoms with Gasteiger partial charge in [0.1, 0.15) is 29.6 Å². The Balaban J connectivity index is 1.71. The standard InChI is InChI=1S/C30H31N3O6/c1-31(2)20-9-6-18(7-10-20)27-26(28(34)19-8-11-25-24(14-19)32(3)12-13-39-25)29(35)30(36)33(27)21-15-22(37-4)17-23(16-21)38-5/h6-11,14-17,27,34H,12-13H2,1-5H3/b28-26-. The summed E-state index contributed by atoms with van der Waals surface area (Å²) in [6.07, 6.45) is 0. The summed E-state index contributed by atoms with van der Waals surface area (Å²) in [6.45, 7) is 1.25. The van der Waals surface area contributed by atoms with Crippen LogP contribution >= 0.6 is 0 Å². The van der Waals surface area contributed by atoms with Crippen molar-refractivity contribution in [3.05, 3.63) is 77.4 Å². The molecule has 202 valence electrons. The Morgan fingerprint density at radius 1 is 0.974 bits per heavy atom. The first-order valence-corrected chi connectivity index (χ1v) is 12.5. The zero-order valence-corrected chi connectivity index (χ0v) is 22.6. The number of ether oxygens (including phenoxy) is 3. The maximum Gasteiger partial charge on any atom is 0.300 e. The number of rotatable bonds is 6.